The fourth-order valence-electron chi connectivity index (χ4n) is 3.49. The number of sulfone groups is 1. The molecule has 5 nitrogen and oxygen atoms in total. The Morgan fingerprint density at radius 1 is 1.11 bits per heavy atom. The van der Waals surface area contributed by atoms with Crippen molar-refractivity contribution in [1.82, 2.24) is 10.2 Å². The van der Waals surface area contributed by atoms with Crippen LogP contribution in [0.5, 0.6) is 0 Å². The number of rotatable bonds is 6. The molecule has 1 N–H and O–H groups in total. The van der Waals surface area contributed by atoms with Crippen LogP contribution >= 0.6 is 0 Å². The van der Waals surface area contributed by atoms with Gasteiger partial charge in [0.15, 0.2) is 15.8 Å². The minimum Gasteiger partial charge on any atom is -0.356 e. The maximum Gasteiger partial charge on any atom is 0.193 e. The zero-order valence-corrected chi connectivity index (χ0v) is 16.5. The van der Waals surface area contributed by atoms with Crippen molar-refractivity contribution < 1.29 is 8.42 Å². The Morgan fingerprint density at radius 2 is 1.78 bits per heavy atom. The lowest BCUT2D eigenvalue weighted by Gasteiger charge is -2.21. The zero-order valence-electron chi connectivity index (χ0n) is 15.7. The summed E-state index contributed by atoms with van der Waals surface area (Å²) in [7, 11) is -1.45. The largest absolute Gasteiger partial charge is 0.356 e. The van der Waals surface area contributed by atoms with Gasteiger partial charge in [-0.1, -0.05) is 48.5 Å². The number of guanidine groups is 1. The summed E-state index contributed by atoms with van der Waals surface area (Å²) in [5.41, 5.74) is 1.37. The molecule has 3 rings (SSSR count). The molecule has 27 heavy (non-hydrogen) atoms. The second-order valence-electron chi connectivity index (χ2n) is 6.80. The molecule has 6 heteroatoms. The molecule has 2 aromatic rings. The predicted molar refractivity (Wildman–Crippen MR) is 110 cm³/mol. The summed E-state index contributed by atoms with van der Waals surface area (Å²) in [6.45, 7) is 2.48. The van der Waals surface area contributed by atoms with Crippen LogP contribution in [0.4, 0.5) is 0 Å². The first-order valence-corrected chi connectivity index (χ1v) is 11.0. The highest BCUT2D eigenvalue weighted by atomic mass is 32.2. The first kappa shape index (κ1) is 19.4. The molecule has 2 aromatic carbocycles. The molecule has 0 radical (unpaired) electrons. The average molecular weight is 386 g/mol. The molecule has 1 aliphatic rings. The Hall–Kier alpha value is -2.34. The van der Waals surface area contributed by atoms with Crippen LogP contribution in [0.25, 0.3) is 0 Å². The van der Waals surface area contributed by atoms with Crippen LogP contribution in [0, 0.1) is 0 Å². The predicted octanol–water partition coefficient (Wildman–Crippen LogP) is 2.92. The number of nitrogens with zero attached hydrogens (tertiary/aromatic N) is 2. The molecule has 1 saturated heterocycles. The minimum atomic E-state index is -3.22. The summed E-state index contributed by atoms with van der Waals surface area (Å²) in [6.07, 6.45) is 1.65. The van der Waals surface area contributed by atoms with Crippen molar-refractivity contribution in [2.24, 2.45) is 4.99 Å². The molecule has 0 aromatic heterocycles. The molecule has 1 heterocycles. The molecular formula is C21H27N3O2S. The van der Waals surface area contributed by atoms with Gasteiger partial charge in [-0.25, -0.2) is 8.42 Å². The van der Waals surface area contributed by atoms with Crippen molar-refractivity contribution >= 4 is 15.8 Å². The van der Waals surface area contributed by atoms with Crippen LogP contribution in [0.1, 0.15) is 24.3 Å². The van der Waals surface area contributed by atoms with Gasteiger partial charge in [0.05, 0.1) is 10.6 Å². The van der Waals surface area contributed by atoms with Crippen LogP contribution in [-0.2, 0) is 9.84 Å². The van der Waals surface area contributed by atoms with E-state index in [4.69, 9.17) is 0 Å². The summed E-state index contributed by atoms with van der Waals surface area (Å²) in [5, 5.41) is 3.32. The molecule has 144 valence electrons. The smallest absolute Gasteiger partial charge is 0.193 e. The average Bonchev–Trinajstić information content (AvgIpc) is 3.19. The first-order valence-electron chi connectivity index (χ1n) is 9.38. The van der Waals surface area contributed by atoms with Crippen molar-refractivity contribution in [2.75, 3.05) is 32.4 Å². The molecule has 0 bridgehead atoms. The highest BCUT2D eigenvalue weighted by Gasteiger charge is 2.25. The fourth-order valence-corrected chi connectivity index (χ4v) is 4.82. The highest BCUT2D eigenvalue weighted by molar-refractivity contribution is 7.91. The van der Waals surface area contributed by atoms with Gasteiger partial charge in [-0.15, -0.1) is 0 Å². The van der Waals surface area contributed by atoms with E-state index in [0.29, 0.717) is 23.8 Å². The lowest BCUT2D eigenvalue weighted by atomic mass is 9.99. The highest BCUT2D eigenvalue weighted by Crippen LogP contribution is 2.26. The monoisotopic (exact) mass is 385 g/mol. The topological polar surface area (TPSA) is 61.8 Å². The van der Waals surface area contributed by atoms with E-state index in [1.54, 1.807) is 31.3 Å². The third-order valence-corrected chi connectivity index (χ3v) is 6.76. The molecule has 1 fully saturated rings. The van der Waals surface area contributed by atoms with Gasteiger partial charge in [-0.3, -0.25) is 4.99 Å². The standard InChI is InChI=1S/C21H27N3O2S/c1-22-21(24-15-13-19(17-24)18-9-4-2-5-10-18)23-14-8-16-27(25,26)20-11-6-3-7-12-20/h2-7,9-12,19H,8,13-17H2,1H3,(H,22,23). The van der Waals surface area contributed by atoms with Crippen molar-refractivity contribution in [3.63, 3.8) is 0 Å². The lowest BCUT2D eigenvalue weighted by molar-refractivity contribution is 0.486. The fraction of sp³-hybridized carbons (Fsp3) is 0.381. The maximum absolute atomic E-state index is 12.3. The Bertz CT molecular complexity index is 852. The van der Waals surface area contributed by atoms with Gasteiger partial charge in [-0.05, 0) is 30.5 Å². The molecule has 1 aliphatic heterocycles. The lowest BCUT2D eigenvalue weighted by Crippen LogP contribution is -2.40. The third kappa shape index (κ3) is 5.10. The molecule has 0 amide bonds. The number of benzene rings is 2. The molecule has 1 atom stereocenters. The van der Waals surface area contributed by atoms with Gasteiger partial charge in [0.1, 0.15) is 0 Å². The number of hydrogen-bond donors (Lipinski definition) is 1. The molecule has 0 aliphatic carbocycles. The number of hydrogen-bond acceptors (Lipinski definition) is 3. The summed E-state index contributed by atoms with van der Waals surface area (Å²) < 4.78 is 24.7. The number of nitrogens with one attached hydrogen (secondary N) is 1. The van der Waals surface area contributed by atoms with Crippen molar-refractivity contribution in [3.05, 3.63) is 66.2 Å². The summed E-state index contributed by atoms with van der Waals surface area (Å²) in [4.78, 5) is 7.01. The quantitative estimate of drug-likeness (QED) is 0.472. The maximum atomic E-state index is 12.3. The van der Waals surface area contributed by atoms with E-state index in [1.165, 1.54) is 5.56 Å². The second kappa shape index (κ2) is 9.04. The van der Waals surface area contributed by atoms with Crippen LogP contribution in [-0.4, -0.2) is 51.7 Å². The molecule has 0 spiro atoms. The minimum absolute atomic E-state index is 0.133. The zero-order chi connectivity index (χ0) is 19.1. The molecule has 1 unspecified atom stereocenters. The third-order valence-electron chi connectivity index (χ3n) is 4.95. The van der Waals surface area contributed by atoms with Crippen LogP contribution in [0.3, 0.4) is 0 Å². The Kier molecular flexibility index (Phi) is 6.50. The Labute approximate surface area is 162 Å². The second-order valence-corrected chi connectivity index (χ2v) is 8.91. The van der Waals surface area contributed by atoms with Crippen LogP contribution in [0.15, 0.2) is 70.6 Å². The van der Waals surface area contributed by atoms with Gasteiger partial charge in [-0.2, -0.15) is 0 Å². The first-order chi connectivity index (χ1) is 13.1. The van der Waals surface area contributed by atoms with Gasteiger partial charge >= 0.3 is 0 Å². The summed E-state index contributed by atoms with van der Waals surface area (Å²) >= 11 is 0. The normalized spacial score (nSPS) is 17.9. The van der Waals surface area contributed by atoms with E-state index in [-0.39, 0.29) is 5.75 Å². The van der Waals surface area contributed by atoms with Gasteiger partial charge in [0.2, 0.25) is 0 Å². The SMILES string of the molecule is CN=C(NCCCS(=O)(=O)c1ccccc1)N1CCC(c2ccccc2)C1. The van der Waals surface area contributed by atoms with E-state index >= 15 is 0 Å². The van der Waals surface area contributed by atoms with E-state index in [1.807, 2.05) is 12.1 Å². The van der Waals surface area contributed by atoms with Crippen LogP contribution < -0.4 is 5.32 Å². The van der Waals surface area contributed by atoms with Crippen molar-refractivity contribution in [1.29, 1.82) is 0 Å². The van der Waals surface area contributed by atoms with E-state index < -0.39 is 9.84 Å². The number of aliphatic imine (C=N–C) groups is 1. The van der Waals surface area contributed by atoms with E-state index in [0.717, 1.165) is 25.5 Å². The van der Waals surface area contributed by atoms with Crippen molar-refractivity contribution in [2.45, 2.75) is 23.7 Å². The Balaban J connectivity index is 1.48. The van der Waals surface area contributed by atoms with Crippen LogP contribution in [0.2, 0.25) is 0 Å². The molecular weight excluding hydrogens is 358 g/mol. The van der Waals surface area contributed by atoms with E-state index in [9.17, 15) is 8.42 Å². The Morgan fingerprint density at radius 3 is 2.44 bits per heavy atom. The van der Waals surface area contributed by atoms with Gasteiger partial charge in [0.25, 0.3) is 0 Å². The summed E-state index contributed by atoms with van der Waals surface area (Å²) in [5.74, 6) is 1.50. The van der Waals surface area contributed by atoms with Gasteiger partial charge < -0.3 is 10.2 Å². The van der Waals surface area contributed by atoms with E-state index in [2.05, 4.69) is 39.5 Å². The summed E-state index contributed by atoms with van der Waals surface area (Å²) in [6, 6.07) is 19.2. The number of likely N-dealkylation sites (tertiary alicyclic amines) is 1. The van der Waals surface area contributed by atoms with Crippen molar-refractivity contribution in [3.8, 4) is 0 Å². The molecule has 0 saturated carbocycles. The van der Waals surface area contributed by atoms with Gasteiger partial charge in [0, 0.05) is 32.6 Å².